The molecule has 1 N–H and O–H groups in total. The van der Waals surface area contributed by atoms with Gasteiger partial charge in [-0.2, -0.15) is 18.3 Å². The van der Waals surface area contributed by atoms with Crippen LogP contribution in [0.1, 0.15) is 36.5 Å². The van der Waals surface area contributed by atoms with Crippen molar-refractivity contribution in [3.05, 3.63) is 41.1 Å². The molecular formula is C14H18F3N3O. The van der Waals surface area contributed by atoms with Gasteiger partial charge in [-0.15, -0.1) is 0 Å². The summed E-state index contributed by atoms with van der Waals surface area (Å²) in [5.41, 5.74) is 0.245. The molecular weight excluding hydrogens is 283 g/mol. The predicted octanol–water partition coefficient (Wildman–Crippen LogP) is 3.35. The normalized spacial score (nSPS) is 12.3. The zero-order valence-corrected chi connectivity index (χ0v) is 12.2. The molecule has 0 atom stereocenters. The van der Waals surface area contributed by atoms with Crippen LogP contribution in [0, 0.1) is 6.92 Å². The molecule has 0 spiro atoms. The topological polar surface area (TPSA) is 43.0 Å². The Hall–Kier alpha value is -1.76. The molecule has 0 aliphatic heterocycles. The molecule has 0 amide bonds. The highest BCUT2D eigenvalue weighted by Crippen LogP contribution is 2.28. The van der Waals surface area contributed by atoms with Crippen LogP contribution >= 0.6 is 0 Å². The van der Waals surface area contributed by atoms with Gasteiger partial charge < -0.3 is 9.73 Å². The van der Waals surface area contributed by atoms with Crippen LogP contribution in [0.3, 0.4) is 0 Å². The van der Waals surface area contributed by atoms with E-state index in [4.69, 9.17) is 4.42 Å². The van der Waals surface area contributed by atoms with Gasteiger partial charge in [-0.25, -0.2) is 0 Å². The molecule has 2 aromatic rings. The quantitative estimate of drug-likeness (QED) is 0.921. The SMILES string of the molecule is Cc1oc(Cn2cc(C(F)(F)F)cn2)cc1CNC(C)C. The van der Waals surface area contributed by atoms with Crippen LogP contribution in [0.2, 0.25) is 0 Å². The van der Waals surface area contributed by atoms with Gasteiger partial charge in [0.05, 0.1) is 18.3 Å². The minimum Gasteiger partial charge on any atom is -0.464 e. The first kappa shape index (κ1) is 15.6. The highest BCUT2D eigenvalue weighted by Gasteiger charge is 2.32. The number of hydrogen-bond donors (Lipinski definition) is 1. The number of furan rings is 1. The molecule has 2 rings (SSSR count). The minimum atomic E-state index is -4.37. The average molecular weight is 301 g/mol. The van der Waals surface area contributed by atoms with Crippen molar-refractivity contribution in [3.63, 3.8) is 0 Å². The summed E-state index contributed by atoms with van der Waals surface area (Å²) in [4.78, 5) is 0. The predicted molar refractivity (Wildman–Crippen MR) is 71.8 cm³/mol. The van der Waals surface area contributed by atoms with E-state index >= 15 is 0 Å². The molecule has 2 aromatic heterocycles. The number of hydrogen-bond acceptors (Lipinski definition) is 3. The Kier molecular flexibility index (Phi) is 4.41. The summed E-state index contributed by atoms with van der Waals surface area (Å²) < 4.78 is 44.3. The molecule has 0 aliphatic rings. The van der Waals surface area contributed by atoms with Gasteiger partial charge in [0.2, 0.25) is 0 Å². The van der Waals surface area contributed by atoms with E-state index < -0.39 is 11.7 Å². The average Bonchev–Trinajstić information content (AvgIpc) is 2.94. The maximum absolute atomic E-state index is 12.5. The first-order chi connectivity index (χ1) is 9.75. The lowest BCUT2D eigenvalue weighted by Gasteiger charge is -2.05. The second kappa shape index (κ2) is 5.93. The van der Waals surface area contributed by atoms with Crippen LogP contribution in [0.5, 0.6) is 0 Å². The second-order valence-corrected chi connectivity index (χ2v) is 5.25. The third kappa shape index (κ3) is 4.10. The van der Waals surface area contributed by atoms with E-state index in [1.54, 1.807) is 0 Å². The lowest BCUT2D eigenvalue weighted by molar-refractivity contribution is -0.137. The number of aromatic nitrogens is 2. The fraction of sp³-hybridized carbons (Fsp3) is 0.500. The van der Waals surface area contributed by atoms with E-state index in [-0.39, 0.29) is 6.54 Å². The second-order valence-electron chi connectivity index (χ2n) is 5.25. The molecule has 21 heavy (non-hydrogen) atoms. The zero-order chi connectivity index (χ0) is 15.6. The van der Waals surface area contributed by atoms with E-state index in [9.17, 15) is 13.2 Å². The molecule has 4 nitrogen and oxygen atoms in total. The number of aryl methyl sites for hydroxylation is 1. The van der Waals surface area contributed by atoms with Crippen LogP contribution in [-0.2, 0) is 19.3 Å². The first-order valence-corrected chi connectivity index (χ1v) is 6.67. The molecule has 0 fully saturated rings. The summed E-state index contributed by atoms with van der Waals surface area (Å²) in [6.07, 6.45) is -2.58. The molecule has 2 heterocycles. The van der Waals surface area contributed by atoms with Crippen molar-refractivity contribution in [2.24, 2.45) is 0 Å². The Balaban J connectivity index is 2.06. The molecule has 7 heteroatoms. The fourth-order valence-corrected chi connectivity index (χ4v) is 1.91. The summed E-state index contributed by atoms with van der Waals surface area (Å²) in [5.74, 6) is 1.35. The first-order valence-electron chi connectivity index (χ1n) is 6.67. The van der Waals surface area contributed by atoms with Gasteiger partial charge in [-0.1, -0.05) is 13.8 Å². The lowest BCUT2D eigenvalue weighted by atomic mass is 10.2. The van der Waals surface area contributed by atoms with Crippen molar-refractivity contribution < 1.29 is 17.6 Å². The van der Waals surface area contributed by atoms with Gasteiger partial charge in [0, 0.05) is 24.3 Å². The van der Waals surface area contributed by atoms with Crippen LogP contribution in [0.4, 0.5) is 13.2 Å². The lowest BCUT2D eigenvalue weighted by Crippen LogP contribution is -2.21. The Labute approximate surface area is 120 Å². The van der Waals surface area contributed by atoms with Crippen LogP contribution < -0.4 is 5.32 Å². The number of nitrogens with zero attached hydrogens (tertiary/aromatic N) is 2. The monoisotopic (exact) mass is 301 g/mol. The van der Waals surface area contributed by atoms with Gasteiger partial charge in [0.25, 0.3) is 0 Å². The van der Waals surface area contributed by atoms with Gasteiger partial charge >= 0.3 is 6.18 Å². The van der Waals surface area contributed by atoms with E-state index in [0.717, 1.165) is 23.7 Å². The fourth-order valence-electron chi connectivity index (χ4n) is 1.91. The number of alkyl halides is 3. The third-order valence-corrected chi connectivity index (χ3v) is 3.05. The summed E-state index contributed by atoms with van der Waals surface area (Å²) in [6, 6.07) is 2.20. The van der Waals surface area contributed by atoms with Gasteiger partial charge in [0.1, 0.15) is 11.5 Å². The van der Waals surface area contributed by atoms with Crippen LogP contribution in [0.25, 0.3) is 0 Å². The van der Waals surface area contributed by atoms with Crippen molar-refractivity contribution in [1.29, 1.82) is 0 Å². The van der Waals surface area contributed by atoms with E-state index in [0.29, 0.717) is 18.3 Å². The van der Waals surface area contributed by atoms with Gasteiger partial charge in [0.15, 0.2) is 0 Å². The molecule has 0 bridgehead atoms. The van der Waals surface area contributed by atoms with Crippen molar-refractivity contribution in [2.75, 3.05) is 0 Å². The van der Waals surface area contributed by atoms with Gasteiger partial charge in [-0.05, 0) is 13.0 Å². The van der Waals surface area contributed by atoms with Crippen molar-refractivity contribution >= 4 is 0 Å². The zero-order valence-electron chi connectivity index (χ0n) is 12.2. The Morgan fingerprint density at radius 3 is 2.67 bits per heavy atom. The van der Waals surface area contributed by atoms with Gasteiger partial charge in [-0.3, -0.25) is 4.68 Å². The smallest absolute Gasteiger partial charge is 0.419 e. The van der Waals surface area contributed by atoms with E-state index in [2.05, 4.69) is 10.4 Å². The summed E-state index contributed by atoms with van der Waals surface area (Å²) in [6.45, 7) is 6.76. The molecule has 0 saturated carbocycles. The number of rotatable bonds is 5. The highest BCUT2D eigenvalue weighted by atomic mass is 19.4. The molecule has 0 aliphatic carbocycles. The van der Waals surface area contributed by atoms with Crippen molar-refractivity contribution in [2.45, 2.75) is 46.1 Å². The van der Waals surface area contributed by atoms with E-state index in [1.807, 2.05) is 26.8 Å². The molecule has 0 saturated heterocycles. The third-order valence-electron chi connectivity index (χ3n) is 3.05. The minimum absolute atomic E-state index is 0.179. The molecule has 0 aromatic carbocycles. The van der Waals surface area contributed by atoms with Crippen molar-refractivity contribution in [1.82, 2.24) is 15.1 Å². The van der Waals surface area contributed by atoms with Crippen LogP contribution in [-0.4, -0.2) is 15.8 Å². The summed E-state index contributed by atoms with van der Waals surface area (Å²) >= 11 is 0. The summed E-state index contributed by atoms with van der Waals surface area (Å²) in [5, 5.41) is 6.98. The number of halogens is 3. The maximum atomic E-state index is 12.5. The maximum Gasteiger partial charge on any atom is 0.419 e. The van der Waals surface area contributed by atoms with E-state index in [1.165, 1.54) is 4.68 Å². The summed E-state index contributed by atoms with van der Waals surface area (Å²) in [7, 11) is 0. The number of nitrogens with one attached hydrogen (secondary N) is 1. The molecule has 116 valence electrons. The van der Waals surface area contributed by atoms with Crippen molar-refractivity contribution in [3.8, 4) is 0 Å². The standard InChI is InChI=1S/C14H18F3N3O/c1-9(2)18-5-11-4-13(21-10(11)3)8-20-7-12(6-19-20)14(15,16)17/h4,6-7,9,18H,5,8H2,1-3H3. The largest absolute Gasteiger partial charge is 0.464 e. The Bertz CT molecular complexity index is 599. The molecule has 0 radical (unpaired) electrons. The Morgan fingerprint density at radius 1 is 1.38 bits per heavy atom. The Morgan fingerprint density at radius 2 is 2.10 bits per heavy atom. The van der Waals surface area contributed by atoms with Crippen LogP contribution in [0.15, 0.2) is 22.9 Å². The highest BCUT2D eigenvalue weighted by molar-refractivity contribution is 5.21. The molecule has 0 unspecified atom stereocenters.